The minimum atomic E-state index is -1.06. The first-order valence-electron chi connectivity index (χ1n) is 3.53. The number of hydrogen-bond acceptors (Lipinski definition) is 2. The summed E-state index contributed by atoms with van der Waals surface area (Å²) >= 11 is 0. The van der Waals surface area contributed by atoms with Crippen LogP contribution in [0.25, 0.3) is 0 Å². The molecule has 1 aromatic rings. The lowest BCUT2D eigenvalue weighted by molar-refractivity contribution is 0.0698. The molecule has 0 spiro atoms. The quantitative estimate of drug-likeness (QED) is 0.448. The summed E-state index contributed by atoms with van der Waals surface area (Å²) in [6, 6.07) is 6.23. The first-order chi connectivity index (χ1) is 6.11. The molecule has 0 unspecified atom stereocenters. The molecule has 0 bridgehead atoms. The van der Waals surface area contributed by atoms with Gasteiger partial charge in [0, 0.05) is 0 Å². The maximum absolute atomic E-state index is 10.7. The molecular weight excluding hydrogens is 170 g/mol. The molecule has 0 atom stereocenters. The van der Waals surface area contributed by atoms with Gasteiger partial charge in [0.15, 0.2) is 5.96 Å². The van der Waals surface area contributed by atoms with Gasteiger partial charge in [-0.2, -0.15) is 0 Å². The fraction of sp³-hybridized carbons (Fsp3) is 0. The molecule has 0 aliphatic heterocycles. The second kappa shape index (κ2) is 3.57. The molecule has 0 aromatic heterocycles. The molecule has 0 aliphatic rings. The normalized spacial score (nSPS) is 9.23. The number of nitrogens with zero attached hydrogens (tertiary/aromatic N) is 1. The van der Waals surface area contributed by atoms with Crippen LogP contribution in [0.2, 0.25) is 0 Å². The van der Waals surface area contributed by atoms with Crippen LogP contribution in [0.15, 0.2) is 29.3 Å². The molecule has 68 valence electrons. The van der Waals surface area contributed by atoms with Crippen LogP contribution in [0, 0.1) is 0 Å². The Morgan fingerprint density at radius 3 is 2.46 bits per heavy atom. The summed E-state index contributed by atoms with van der Waals surface area (Å²) in [5.74, 6) is -1.21. The smallest absolute Gasteiger partial charge is 0.337 e. The molecule has 5 N–H and O–H groups in total. The SMILES string of the molecule is NC(N)=Nc1ccccc1C(=O)O. The van der Waals surface area contributed by atoms with Crippen molar-refractivity contribution in [2.24, 2.45) is 16.5 Å². The van der Waals surface area contributed by atoms with Crippen LogP contribution in [-0.4, -0.2) is 17.0 Å². The van der Waals surface area contributed by atoms with Crippen molar-refractivity contribution < 1.29 is 9.90 Å². The second-order valence-corrected chi connectivity index (χ2v) is 2.36. The summed E-state index contributed by atoms with van der Waals surface area (Å²) in [5, 5.41) is 8.73. The Balaban J connectivity index is 3.20. The Bertz CT molecular complexity index is 356. The summed E-state index contributed by atoms with van der Waals surface area (Å²) in [6.07, 6.45) is 0. The Kier molecular flexibility index (Phi) is 2.49. The van der Waals surface area contributed by atoms with E-state index in [-0.39, 0.29) is 17.2 Å². The molecule has 5 nitrogen and oxygen atoms in total. The van der Waals surface area contributed by atoms with Gasteiger partial charge in [0.2, 0.25) is 0 Å². The van der Waals surface area contributed by atoms with Gasteiger partial charge in [0.1, 0.15) is 0 Å². The molecule has 1 rings (SSSR count). The van der Waals surface area contributed by atoms with E-state index in [2.05, 4.69) is 4.99 Å². The molecule has 0 saturated heterocycles. The third-order valence-corrected chi connectivity index (χ3v) is 1.38. The average molecular weight is 179 g/mol. The lowest BCUT2D eigenvalue weighted by atomic mass is 10.2. The van der Waals surface area contributed by atoms with E-state index in [1.165, 1.54) is 12.1 Å². The van der Waals surface area contributed by atoms with Gasteiger partial charge < -0.3 is 16.6 Å². The highest BCUT2D eigenvalue weighted by atomic mass is 16.4. The third kappa shape index (κ3) is 2.19. The number of nitrogens with two attached hydrogens (primary N) is 2. The van der Waals surface area contributed by atoms with Gasteiger partial charge in [-0.05, 0) is 12.1 Å². The zero-order valence-corrected chi connectivity index (χ0v) is 6.77. The average Bonchev–Trinajstić information content (AvgIpc) is 2.03. The fourth-order valence-corrected chi connectivity index (χ4v) is 0.891. The van der Waals surface area contributed by atoms with Gasteiger partial charge >= 0.3 is 5.97 Å². The lowest BCUT2D eigenvalue weighted by Gasteiger charge is -1.99. The van der Waals surface area contributed by atoms with Crippen molar-refractivity contribution in [3.8, 4) is 0 Å². The molecule has 0 heterocycles. The lowest BCUT2D eigenvalue weighted by Crippen LogP contribution is -2.22. The largest absolute Gasteiger partial charge is 0.478 e. The van der Waals surface area contributed by atoms with Gasteiger partial charge in [0.25, 0.3) is 0 Å². The maximum atomic E-state index is 10.7. The summed E-state index contributed by atoms with van der Waals surface area (Å²) < 4.78 is 0. The van der Waals surface area contributed by atoms with Crippen molar-refractivity contribution >= 4 is 17.6 Å². The van der Waals surface area contributed by atoms with Gasteiger partial charge in [0.05, 0.1) is 11.3 Å². The number of aromatic carboxylic acids is 1. The first-order valence-corrected chi connectivity index (χ1v) is 3.53. The van der Waals surface area contributed by atoms with E-state index in [0.717, 1.165) is 0 Å². The highest BCUT2D eigenvalue weighted by Gasteiger charge is 2.07. The van der Waals surface area contributed by atoms with E-state index in [0.29, 0.717) is 0 Å². The summed E-state index contributed by atoms with van der Waals surface area (Å²) in [5.41, 5.74) is 10.6. The highest BCUT2D eigenvalue weighted by Crippen LogP contribution is 2.17. The first kappa shape index (κ1) is 9.05. The number of carbonyl (C=O) groups is 1. The van der Waals surface area contributed by atoms with Crippen LogP contribution in [0.3, 0.4) is 0 Å². The zero-order chi connectivity index (χ0) is 9.84. The van der Waals surface area contributed by atoms with Gasteiger partial charge in [-0.3, -0.25) is 0 Å². The van der Waals surface area contributed by atoms with Crippen LogP contribution in [0.4, 0.5) is 5.69 Å². The molecule has 0 aliphatic carbocycles. The summed E-state index contributed by atoms with van der Waals surface area (Å²) in [6.45, 7) is 0. The van der Waals surface area contributed by atoms with Gasteiger partial charge in [-0.15, -0.1) is 0 Å². The van der Waals surface area contributed by atoms with Crippen molar-refractivity contribution in [2.45, 2.75) is 0 Å². The Morgan fingerprint density at radius 2 is 1.92 bits per heavy atom. The Morgan fingerprint density at radius 1 is 1.31 bits per heavy atom. The number of benzene rings is 1. The van der Waals surface area contributed by atoms with Crippen LogP contribution in [0.5, 0.6) is 0 Å². The van der Waals surface area contributed by atoms with E-state index < -0.39 is 5.97 Å². The molecule has 0 amide bonds. The topological polar surface area (TPSA) is 102 Å². The number of guanidine groups is 1. The second-order valence-electron chi connectivity index (χ2n) is 2.36. The van der Waals surface area contributed by atoms with Crippen molar-refractivity contribution in [2.75, 3.05) is 0 Å². The van der Waals surface area contributed by atoms with E-state index in [9.17, 15) is 4.79 Å². The standard InChI is InChI=1S/C8H9N3O2/c9-8(10)11-6-4-2-1-3-5(6)7(12)13/h1-4H,(H,12,13)(H4,9,10,11). The van der Waals surface area contributed by atoms with E-state index in [1.54, 1.807) is 12.1 Å². The molecule has 0 fully saturated rings. The number of carboxylic acids is 1. The summed E-state index contributed by atoms with van der Waals surface area (Å²) in [7, 11) is 0. The Labute approximate surface area is 74.7 Å². The number of para-hydroxylation sites is 1. The minimum Gasteiger partial charge on any atom is -0.478 e. The Hall–Kier alpha value is -2.04. The zero-order valence-electron chi connectivity index (χ0n) is 6.77. The predicted octanol–water partition coefficient (Wildman–Crippen LogP) is 0.290. The predicted molar refractivity (Wildman–Crippen MR) is 48.9 cm³/mol. The van der Waals surface area contributed by atoms with Crippen molar-refractivity contribution in [1.29, 1.82) is 0 Å². The van der Waals surface area contributed by atoms with Crippen LogP contribution < -0.4 is 11.5 Å². The molecule has 1 aromatic carbocycles. The van der Waals surface area contributed by atoms with E-state index >= 15 is 0 Å². The van der Waals surface area contributed by atoms with Crippen LogP contribution >= 0.6 is 0 Å². The number of rotatable bonds is 2. The fourth-order valence-electron chi connectivity index (χ4n) is 0.891. The molecule has 5 heteroatoms. The monoisotopic (exact) mass is 179 g/mol. The van der Waals surface area contributed by atoms with E-state index in [1.807, 2.05) is 0 Å². The molecule has 0 radical (unpaired) electrons. The van der Waals surface area contributed by atoms with Crippen LogP contribution in [-0.2, 0) is 0 Å². The van der Waals surface area contributed by atoms with Gasteiger partial charge in [-0.1, -0.05) is 12.1 Å². The summed E-state index contributed by atoms with van der Waals surface area (Å²) in [4.78, 5) is 14.3. The van der Waals surface area contributed by atoms with Crippen LogP contribution in [0.1, 0.15) is 10.4 Å². The number of hydrogen-bond donors (Lipinski definition) is 3. The van der Waals surface area contributed by atoms with Crippen molar-refractivity contribution in [3.05, 3.63) is 29.8 Å². The highest BCUT2D eigenvalue weighted by molar-refractivity contribution is 5.94. The van der Waals surface area contributed by atoms with E-state index in [4.69, 9.17) is 16.6 Å². The molecule has 0 saturated carbocycles. The van der Waals surface area contributed by atoms with Crippen molar-refractivity contribution in [3.63, 3.8) is 0 Å². The van der Waals surface area contributed by atoms with Gasteiger partial charge in [-0.25, -0.2) is 9.79 Å². The molecular formula is C8H9N3O2. The number of carboxylic acid groups (broad SMARTS) is 1. The molecule has 13 heavy (non-hydrogen) atoms. The van der Waals surface area contributed by atoms with Crippen molar-refractivity contribution in [1.82, 2.24) is 0 Å². The minimum absolute atomic E-state index is 0.0795. The maximum Gasteiger partial charge on any atom is 0.337 e. The third-order valence-electron chi connectivity index (χ3n) is 1.38. The number of aliphatic imine (C=N–C) groups is 1.